The summed E-state index contributed by atoms with van der Waals surface area (Å²) in [6, 6.07) is 5.65. The van der Waals surface area contributed by atoms with Crippen molar-refractivity contribution in [3.05, 3.63) is 53.1 Å². The predicted octanol–water partition coefficient (Wildman–Crippen LogP) is 3.26. The number of halogens is 1. The summed E-state index contributed by atoms with van der Waals surface area (Å²) in [6.07, 6.45) is 1.83. The van der Waals surface area contributed by atoms with E-state index >= 15 is 0 Å². The fourth-order valence-corrected chi connectivity index (χ4v) is 3.43. The van der Waals surface area contributed by atoms with Gasteiger partial charge in [-0.2, -0.15) is 5.10 Å². The van der Waals surface area contributed by atoms with Gasteiger partial charge in [-0.3, -0.25) is 9.59 Å². The molecule has 2 rings (SSSR count). The Hall–Kier alpha value is -3.04. The second-order valence-electron chi connectivity index (χ2n) is 8.21. The molecule has 33 heavy (non-hydrogen) atoms. The molecule has 1 aromatic carbocycles. The SMILES string of the molecule is CCCCNC(=O)c1nn(-c2ccc(F)cc2)c(C=C[C@H](O)C[C@@H](O)CC(=O)O)c1C(C)C. The summed E-state index contributed by atoms with van der Waals surface area (Å²) < 4.78 is 15.0. The van der Waals surface area contributed by atoms with Crippen LogP contribution >= 0.6 is 0 Å². The number of rotatable bonds is 12. The smallest absolute Gasteiger partial charge is 0.305 e. The lowest BCUT2D eigenvalue weighted by Crippen LogP contribution is -2.26. The number of aliphatic hydroxyl groups is 2. The molecule has 1 heterocycles. The second kappa shape index (κ2) is 12.3. The first-order valence-corrected chi connectivity index (χ1v) is 11.1. The van der Waals surface area contributed by atoms with E-state index in [4.69, 9.17) is 5.11 Å². The quantitative estimate of drug-likeness (QED) is 0.360. The van der Waals surface area contributed by atoms with Crippen LogP contribution in [0.5, 0.6) is 0 Å². The summed E-state index contributed by atoms with van der Waals surface area (Å²) in [7, 11) is 0. The zero-order valence-corrected chi connectivity index (χ0v) is 19.2. The largest absolute Gasteiger partial charge is 0.481 e. The van der Waals surface area contributed by atoms with Gasteiger partial charge in [0.15, 0.2) is 5.69 Å². The van der Waals surface area contributed by atoms with Gasteiger partial charge in [-0.25, -0.2) is 9.07 Å². The molecule has 0 aliphatic rings. The predicted molar refractivity (Wildman–Crippen MR) is 123 cm³/mol. The van der Waals surface area contributed by atoms with Crippen LogP contribution in [0.1, 0.15) is 74.1 Å². The van der Waals surface area contributed by atoms with Crippen LogP contribution in [0.4, 0.5) is 4.39 Å². The Bertz CT molecular complexity index is 969. The minimum atomic E-state index is -1.20. The molecular formula is C24H32FN3O5. The maximum atomic E-state index is 13.5. The lowest BCUT2D eigenvalue weighted by molar-refractivity contribution is -0.139. The number of carbonyl (C=O) groups is 2. The highest BCUT2D eigenvalue weighted by Gasteiger charge is 2.25. The number of nitrogens with one attached hydrogen (secondary N) is 1. The molecule has 0 aliphatic heterocycles. The van der Waals surface area contributed by atoms with Crippen molar-refractivity contribution in [1.29, 1.82) is 0 Å². The number of benzene rings is 1. The zero-order chi connectivity index (χ0) is 24.5. The van der Waals surface area contributed by atoms with Crippen LogP contribution < -0.4 is 5.32 Å². The van der Waals surface area contributed by atoms with Gasteiger partial charge in [0.2, 0.25) is 0 Å². The van der Waals surface area contributed by atoms with Crippen LogP contribution in [-0.4, -0.2) is 55.7 Å². The number of hydrogen-bond donors (Lipinski definition) is 4. The van der Waals surface area contributed by atoms with E-state index in [1.807, 2.05) is 20.8 Å². The van der Waals surface area contributed by atoms with Gasteiger partial charge < -0.3 is 20.6 Å². The molecule has 0 unspecified atom stereocenters. The second-order valence-corrected chi connectivity index (χ2v) is 8.21. The Balaban J connectivity index is 2.47. The van der Waals surface area contributed by atoms with Crippen LogP contribution in [-0.2, 0) is 4.79 Å². The number of nitrogens with zero attached hydrogens (tertiary/aromatic N) is 2. The van der Waals surface area contributed by atoms with Crippen molar-refractivity contribution in [2.45, 2.75) is 64.6 Å². The van der Waals surface area contributed by atoms with Gasteiger partial charge in [-0.15, -0.1) is 0 Å². The first-order valence-electron chi connectivity index (χ1n) is 11.1. The average molecular weight is 462 g/mol. The third kappa shape index (κ3) is 7.50. The number of aliphatic carboxylic acids is 1. The monoisotopic (exact) mass is 461 g/mol. The number of carbonyl (C=O) groups excluding carboxylic acids is 1. The number of unbranched alkanes of at least 4 members (excludes halogenated alkanes) is 1. The zero-order valence-electron chi connectivity index (χ0n) is 19.2. The number of aromatic nitrogens is 2. The molecule has 1 aromatic heterocycles. The van der Waals surface area contributed by atoms with Gasteiger partial charge in [0.05, 0.1) is 30.0 Å². The summed E-state index contributed by atoms with van der Waals surface area (Å²) >= 11 is 0. The molecule has 2 atom stereocenters. The standard InChI is InChI=1S/C24H32FN3O5/c1-4-5-12-26-24(33)23-22(15(2)3)20(11-10-18(29)13-19(30)14-21(31)32)28(27-23)17-8-6-16(25)7-9-17/h6-11,15,18-19,29-30H,4-5,12-14H2,1-3H3,(H,26,33)(H,31,32)/t18-,19+/m0/s1. The molecule has 0 aliphatic carbocycles. The molecule has 0 fully saturated rings. The molecule has 0 radical (unpaired) electrons. The Morgan fingerprint density at radius 1 is 1.21 bits per heavy atom. The summed E-state index contributed by atoms with van der Waals surface area (Å²) in [4.78, 5) is 23.6. The summed E-state index contributed by atoms with van der Waals surface area (Å²) in [5.41, 5.74) is 1.96. The molecule has 2 aromatic rings. The number of aliphatic hydroxyl groups excluding tert-OH is 2. The average Bonchev–Trinajstić information content (AvgIpc) is 3.12. The van der Waals surface area contributed by atoms with E-state index in [2.05, 4.69) is 10.4 Å². The molecular weight excluding hydrogens is 429 g/mol. The van der Waals surface area contributed by atoms with Crippen LogP contribution in [0, 0.1) is 5.82 Å². The Labute approximate surface area is 192 Å². The fraction of sp³-hybridized carbons (Fsp3) is 0.458. The van der Waals surface area contributed by atoms with Gasteiger partial charge in [0.25, 0.3) is 5.91 Å². The number of carboxylic acids is 1. The molecule has 1 amide bonds. The first kappa shape index (κ1) is 26.2. The molecule has 0 saturated carbocycles. The Morgan fingerprint density at radius 3 is 2.45 bits per heavy atom. The van der Waals surface area contributed by atoms with E-state index in [-0.39, 0.29) is 23.9 Å². The number of carboxylic acid groups (broad SMARTS) is 1. The van der Waals surface area contributed by atoms with Gasteiger partial charge >= 0.3 is 5.97 Å². The topological polar surface area (TPSA) is 125 Å². The molecule has 0 spiro atoms. The van der Waals surface area contributed by atoms with Crippen molar-refractivity contribution < 1.29 is 29.3 Å². The molecule has 4 N–H and O–H groups in total. The van der Waals surface area contributed by atoms with Crippen LogP contribution in [0.25, 0.3) is 11.8 Å². The van der Waals surface area contributed by atoms with Crippen molar-refractivity contribution in [2.24, 2.45) is 0 Å². The number of amides is 1. The molecule has 0 saturated heterocycles. The van der Waals surface area contributed by atoms with E-state index in [0.717, 1.165) is 12.8 Å². The van der Waals surface area contributed by atoms with Crippen molar-refractivity contribution in [1.82, 2.24) is 15.1 Å². The summed E-state index contributed by atoms with van der Waals surface area (Å²) in [5.74, 6) is -1.98. The maximum absolute atomic E-state index is 13.5. The first-order chi connectivity index (χ1) is 15.6. The minimum absolute atomic E-state index is 0.0967. The van der Waals surface area contributed by atoms with E-state index in [1.165, 1.54) is 35.0 Å². The third-order valence-corrected chi connectivity index (χ3v) is 5.04. The van der Waals surface area contributed by atoms with Gasteiger partial charge in [-0.1, -0.05) is 33.3 Å². The van der Waals surface area contributed by atoms with Crippen molar-refractivity contribution in [3.8, 4) is 5.69 Å². The Morgan fingerprint density at radius 2 is 1.88 bits per heavy atom. The van der Waals surface area contributed by atoms with Crippen molar-refractivity contribution >= 4 is 18.0 Å². The highest BCUT2D eigenvalue weighted by atomic mass is 19.1. The third-order valence-electron chi connectivity index (χ3n) is 5.04. The minimum Gasteiger partial charge on any atom is -0.481 e. The van der Waals surface area contributed by atoms with Gasteiger partial charge in [-0.05, 0) is 42.7 Å². The molecule has 0 bridgehead atoms. The van der Waals surface area contributed by atoms with Crippen LogP contribution in [0.3, 0.4) is 0 Å². The fourth-order valence-electron chi connectivity index (χ4n) is 3.43. The molecule has 8 nitrogen and oxygen atoms in total. The lowest BCUT2D eigenvalue weighted by Gasteiger charge is -2.12. The summed E-state index contributed by atoms with van der Waals surface area (Å²) in [5, 5.41) is 36.2. The number of hydrogen-bond acceptors (Lipinski definition) is 5. The van der Waals surface area contributed by atoms with E-state index in [0.29, 0.717) is 23.5 Å². The lowest BCUT2D eigenvalue weighted by atomic mass is 9.98. The van der Waals surface area contributed by atoms with Crippen molar-refractivity contribution in [2.75, 3.05) is 6.54 Å². The Kier molecular flexibility index (Phi) is 9.74. The highest BCUT2D eigenvalue weighted by Crippen LogP contribution is 2.28. The highest BCUT2D eigenvalue weighted by molar-refractivity contribution is 5.95. The van der Waals surface area contributed by atoms with Crippen LogP contribution in [0.2, 0.25) is 0 Å². The van der Waals surface area contributed by atoms with E-state index in [9.17, 15) is 24.2 Å². The molecule has 180 valence electrons. The van der Waals surface area contributed by atoms with Crippen molar-refractivity contribution in [3.63, 3.8) is 0 Å². The van der Waals surface area contributed by atoms with Gasteiger partial charge in [0.1, 0.15) is 5.82 Å². The van der Waals surface area contributed by atoms with Crippen LogP contribution in [0.15, 0.2) is 30.3 Å². The summed E-state index contributed by atoms with van der Waals surface area (Å²) in [6.45, 7) is 6.37. The van der Waals surface area contributed by atoms with E-state index < -0.39 is 30.4 Å². The van der Waals surface area contributed by atoms with Gasteiger partial charge in [0, 0.05) is 18.5 Å². The normalized spacial score (nSPS) is 13.4. The maximum Gasteiger partial charge on any atom is 0.305 e. The van der Waals surface area contributed by atoms with E-state index in [1.54, 1.807) is 6.08 Å². The molecule has 9 heteroatoms.